The van der Waals surface area contributed by atoms with Crippen LogP contribution in [0.15, 0.2) is 24.8 Å². The summed E-state index contributed by atoms with van der Waals surface area (Å²) < 4.78 is 4.14. The molecule has 5 nitrogen and oxygen atoms in total. The fourth-order valence-electron chi connectivity index (χ4n) is 1.55. The average molecular weight is 275 g/mol. The zero-order chi connectivity index (χ0) is 13.8. The number of aryl methyl sites for hydroxylation is 1. The quantitative estimate of drug-likeness (QED) is 0.877. The number of nitrogens with one attached hydrogen (secondary N) is 1. The Bertz CT molecular complexity index is 622. The van der Waals surface area contributed by atoms with Crippen LogP contribution < -0.4 is 5.32 Å². The minimum Gasteiger partial charge on any atom is -0.480 e. The molecule has 0 aliphatic rings. The Labute approximate surface area is 114 Å². The molecule has 0 fully saturated rings. The molecule has 6 heteroatoms. The molecule has 2 N–H and O–H groups in total. The summed E-state index contributed by atoms with van der Waals surface area (Å²) in [5.74, 6) is -0.296. The molecule has 98 valence electrons. The van der Waals surface area contributed by atoms with Crippen molar-refractivity contribution in [1.29, 1.82) is 0 Å². The Morgan fingerprint density at radius 3 is 3.00 bits per heavy atom. The van der Waals surface area contributed by atoms with Crippen LogP contribution >= 0.6 is 11.5 Å². The Morgan fingerprint density at radius 2 is 2.37 bits per heavy atom. The van der Waals surface area contributed by atoms with Gasteiger partial charge in [-0.25, -0.2) is 4.98 Å². The van der Waals surface area contributed by atoms with Crippen LogP contribution in [-0.4, -0.2) is 27.0 Å². The molecule has 0 radical (unpaired) electrons. The van der Waals surface area contributed by atoms with Gasteiger partial charge in [0.15, 0.2) is 5.82 Å². The minimum atomic E-state index is -0.894. The van der Waals surface area contributed by atoms with Gasteiger partial charge in [-0.15, -0.1) is 0 Å². The zero-order valence-corrected chi connectivity index (χ0v) is 11.2. The molecule has 0 unspecified atom stereocenters. The van der Waals surface area contributed by atoms with Gasteiger partial charge in [0.25, 0.3) is 0 Å². The molecule has 0 aliphatic heterocycles. The van der Waals surface area contributed by atoms with Gasteiger partial charge in [0.05, 0.1) is 0 Å². The van der Waals surface area contributed by atoms with E-state index in [1.165, 1.54) is 11.5 Å². The lowest BCUT2D eigenvalue weighted by atomic mass is 10.1. The van der Waals surface area contributed by atoms with E-state index in [2.05, 4.69) is 21.3 Å². The summed E-state index contributed by atoms with van der Waals surface area (Å²) in [6, 6.07) is 5.74. The first-order chi connectivity index (χ1) is 9.10. The van der Waals surface area contributed by atoms with Crippen molar-refractivity contribution in [2.75, 3.05) is 11.9 Å². The molecule has 2 aromatic rings. The molecule has 1 aromatic heterocycles. The number of carboxylic acid groups (broad SMARTS) is 1. The fourth-order valence-corrected chi connectivity index (χ4v) is 2.21. The lowest BCUT2D eigenvalue weighted by molar-refractivity contribution is -0.134. The number of aliphatic carboxylic acids is 1. The number of anilines is 1. The van der Waals surface area contributed by atoms with Gasteiger partial charge in [0.2, 0.25) is 0 Å². The number of carbonyl (C=O) groups is 1. The predicted molar refractivity (Wildman–Crippen MR) is 76.3 cm³/mol. The molecule has 1 heterocycles. The molecule has 1 aromatic carbocycles. The molecule has 19 heavy (non-hydrogen) atoms. The first kappa shape index (κ1) is 13.2. The van der Waals surface area contributed by atoms with Crippen molar-refractivity contribution >= 4 is 29.3 Å². The lowest BCUT2D eigenvalue weighted by Crippen LogP contribution is -2.13. The Hall–Kier alpha value is -2.21. The SMILES string of the molecule is C=Cc1nsc(-c2ccc(C)c(NCC(=O)O)c2)n1. The van der Waals surface area contributed by atoms with E-state index < -0.39 is 5.97 Å². The van der Waals surface area contributed by atoms with Crippen molar-refractivity contribution in [1.82, 2.24) is 9.36 Å². The maximum atomic E-state index is 10.6. The second-order valence-corrected chi connectivity index (χ2v) is 4.69. The van der Waals surface area contributed by atoms with Crippen molar-refractivity contribution in [3.8, 4) is 10.6 Å². The van der Waals surface area contributed by atoms with Gasteiger partial charge in [0, 0.05) is 11.3 Å². The molecular formula is C13H13N3O2S. The van der Waals surface area contributed by atoms with Crippen LogP contribution in [0, 0.1) is 6.92 Å². The standard InChI is InChI=1S/C13H13N3O2S/c1-3-11-15-13(19-16-11)9-5-4-8(2)10(6-9)14-7-12(17)18/h3-6,14H,1,7H2,2H3,(H,17,18). The Morgan fingerprint density at radius 1 is 1.58 bits per heavy atom. The number of aromatic nitrogens is 2. The van der Waals surface area contributed by atoms with Gasteiger partial charge in [0.1, 0.15) is 11.6 Å². The molecule has 0 bridgehead atoms. The van der Waals surface area contributed by atoms with E-state index >= 15 is 0 Å². The van der Waals surface area contributed by atoms with E-state index in [1.807, 2.05) is 25.1 Å². The maximum Gasteiger partial charge on any atom is 0.322 e. The summed E-state index contributed by atoms with van der Waals surface area (Å²) in [4.78, 5) is 14.9. The van der Waals surface area contributed by atoms with Crippen molar-refractivity contribution in [3.05, 3.63) is 36.2 Å². The lowest BCUT2D eigenvalue weighted by Gasteiger charge is -2.08. The third-order valence-corrected chi connectivity index (χ3v) is 3.32. The Kier molecular flexibility index (Phi) is 3.91. The highest BCUT2D eigenvalue weighted by Crippen LogP contribution is 2.26. The molecule has 0 amide bonds. The molecule has 0 spiro atoms. The number of rotatable bonds is 5. The minimum absolute atomic E-state index is 0.113. The van der Waals surface area contributed by atoms with Gasteiger partial charge in [-0.3, -0.25) is 4.79 Å². The van der Waals surface area contributed by atoms with Crippen LogP contribution in [0.4, 0.5) is 5.69 Å². The molecule has 0 saturated heterocycles. The van der Waals surface area contributed by atoms with Crippen molar-refractivity contribution in [2.24, 2.45) is 0 Å². The summed E-state index contributed by atoms with van der Waals surface area (Å²) in [7, 11) is 0. The average Bonchev–Trinajstić information content (AvgIpc) is 2.86. The highest BCUT2D eigenvalue weighted by molar-refractivity contribution is 7.09. The molecule has 2 rings (SSSR count). The third kappa shape index (κ3) is 3.17. The summed E-state index contributed by atoms with van der Waals surface area (Å²) >= 11 is 1.29. The number of benzene rings is 1. The molecular weight excluding hydrogens is 262 g/mol. The van der Waals surface area contributed by atoms with E-state index in [9.17, 15) is 4.79 Å². The summed E-state index contributed by atoms with van der Waals surface area (Å²) in [5.41, 5.74) is 2.68. The molecule has 0 aliphatic carbocycles. The topological polar surface area (TPSA) is 75.1 Å². The van der Waals surface area contributed by atoms with E-state index in [0.29, 0.717) is 5.82 Å². The number of hydrogen-bond donors (Lipinski definition) is 2. The van der Waals surface area contributed by atoms with Gasteiger partial charge in [-0.05, 0) is 36.2 Å². The van der Waals surface area contributed by atoms with Crippen LogP contribution in [0.3, 0.4) is 0 Å². The molecule has 0 atom stereocenters. The monoisotopic (exact) mass is 275 g/mol. The Balaban J connectivity index is 2.29. The molecule has 0 saturated carbocycles. The predicted octanol–water partition coefficient (Wildman–Crippen LogP) is 2.65. The van der Waals surface area contributed by atoms with E-state index in [4.69, 9.17) is 5.11 Å². The second-order valence-electron chi connectivity index (χ2n) is 3.94. The van der Waals surface area contributed by atoms with E-state index in [0.717, 1.165) is 21.8 Å². The van der Waals surface area contributed by atoms with E-state index in [-0.39, 0.29) is 6.54 Å². The third-order valence-electron chi connectivity index (χ3n) is 2.54. The van der Waals surface area contributed by atoms with Crippen LogP contribution in [0.1, 0.15) is 11.4 Å². The van der Waals surface area contributed by atoms with Gasteiger partial charge in [-0.1, -0.05) is 18.7 Å². The fraction of sp³-hybridized carbons (Fsp3) is 0.154. The smallest absolute Gasteiger partial charge is 0.322 e. The first-order valence-corrected chi connectivity index (χ1v) is 6.40. The number of carboxylic acids is 1. The zero-order valence-electron chi connectivity index (χ0n) is 10.4. The summed E-state index contributed by atoms with van der Waals surface area (Å²) in [6.07, 6.45) is 1.60. The van der Waals surface area contributed by atoms with Gasteiger partial charge in [-0.2, -0.15) is 4.37 Å². The highest BCUT2D eigenvalue weighted by Gasteiger charge is 2.08. The maximum absolute atomic E-state index is 10.6. The number of hydrogen-bond acceptors (Lipinski definition) is 5. The summed E-state index contributed by atoms with van der Waals surface area (Å²) in [6.45, 7) is 5.43. The van der Waals surface area contributed by atoms with Gasteiger partial charge < -0.3 is 10.4 Å². The van der Waals surface area contributed by atoms with Gasteiger partial charge >= 0.3 is 5.97 Å². The van der Waals surface area contributed by atoms with Crippen LogP contribution in [0.2, 0.25) is 0 Å². The van der Waals surface area contributed by atoms with Crippen molar-refractivity contribution < 1.29 is 9.90 Å². The largest absolute Gasteiger partial charge is 0.480 e. The van der Waals surface area contributed by atoms with Crippen LogP contribution in [0.5, 0.6) is 0 Å². The van der Waals surface area contributed by atoms with Crippen LogP contribution in [0.25, 0.3) is 16.6 Å². The van der Waals surface area contributed by atoms with Crippen molar-refractivity contribution in [3.63, 3.8) is 0 Å². The van der Waals surface area contributed by atoms with E-state index in [1.54, 1.807) is 6.08 Å². The van der Waals surface area contributed by atoms with Crippen molar-refractivity contribution in [2.45, 2.75) is 6.92 Å². The highest BCUT2D eigenvalue weighted by atomic mass is 32.1. The summed E-state index contributed by atoms with van der Waals surface area (Å²) in [5, 5.41) is 12.4. The van der Waals surface area contributed by atoms with Crippen LogP contribution in [-0.2, 0) is 4.79 Å². The second kappa shape index (κ2) is 5.62. The first-order valence-electron chi connectivity index (χ1n) is 5.63. The normalized spacial score (nSPS) is 10.2. The number of nitrogens with zero attached hydrogens (tertiary/aromatic N) is 2.